The number of amides is 1. The number of likely N-dealkylation sites (tertiary alicyclic amines) is 1. The fraction of sp³-hybridized carbons (Fsp3) is 0.846. The van der Waals surface area contributed by atoms with Gasteiger partial charge in [-0.15, -0.1) is 0 Å². The van der Waals surface area contributed by atoms with Crippen molar-refractivity contribution in [3.63, 3.8) is 0 Å². The van der Waals surface area contributed by atoms with Crippen molar-refractivity contribution >= 4 is 5.91 Å². The highest BCUT2D eigenvalue weighted by molar-refractivity contribution is 5.81. The first-order chi connectivity index (χ1) is 7.77. The Kier molecular flexibility index (Phi) is 3.48. The highest BCUT2D eigenvalue weighted by atomic mass is 16.2. The third kappa shape index (κ3) is 1.93. The van der Waals surface area contributed by atoms with Crippen molar-refractivity contribution in [1.82, 2.24) is 4.90 Å². The molecular formula is C13H20N2O. The van der Waals surface area contributed by atoms with Gasteiger partial charge in [0.1, 0.15) is 5.92 Å². The summed E-state index contributed by atoms with van der Waals surface area (Å²) in [5.41, 5.74) is 0. The van der Waals surface area contributed by atoms with Gasteiger partial charge in [-0.3, -0.25) is 4.79 Å². The predicted octanol–water partition coefficient (Wildman–Crippen LogP) is 2.33. The molecular weight excluding hydrogens is 200 g/mol. The molecule has 0 bridgehead atoms. The summed E-state index contributed by atoms with van der Waals surface area (Å²) in [7, 11) is 0. The lowest BCUT2D eigenvalue weighted by Gasteiger charge is -2.38. The molecule has 0 aromatic rings. The molecule has 88 valence electrons. The maximum Gasteiger partial charge on any atom is 0.240 e. The molecule has 0 radical (unpaired) electrons. The van der Waals surface area contributed by atoms with Crippen LogP contribution < -0.4 is 0 Å². The molecule has 1 heterocycles. The standard InChI is InChI=1S/C13H20N2O/c1-2-10(9-14)13(16)15-8-4-6-11-5-3-7-12(11)15/h10-12H,2-8H2,1H3. The van der Waals surface area contributed by atoms with Gasteiger partial charge in [0.2, 0.25) is 5.91 Å². The average molecular weight is 220 g/mol. The van der Waals surface area contributed by atoms with Gasteiger partial charge >= 0.3 is 0 Å². The SMILES string of the molecule is CCC(C#N)C(=O)N1CCCC2CCCC21. The van der Waals surface area contributed by atoms with Crippen LogP contribution in [0.1, 0.15) is 45.4 Å². The van der Waals surface area contributed by atoms with E-state index < -0.39 is 5.92 Å². The fourth-order valence-electron chi connectivity index (χ4n) is 3.25. The van der Waals surface area contributed by atoms with E-state index in [0.29, 0.717) is 18.4 Å². The molecule has 1 aliphatic heterocycles. The van der Waals surface area contributed by atoms with E-state index in [1.807, 2.05) is 11.8 Å². The summed E-state index contributed by atoms with van der Waals surface area (Å²) in [5.74, 6) is 0.384. The van der Waals surface area contributed by atoms with E-state index in [-0.39, 0.29) is 5.91 Å². The topological polar surface area (TPSA) is 44.1 Å². The number of piperidine rings is 1. The molecule has 3 atom stereocenters. The van der Waals surface area contributed by atoms with E-state index in [0.717, 1.165) is 19.4 Å². The summed E-state index contributed by atoms with van der Waals surface area (Å²) in [5, 5.41) is 8.97. The second kappa shape index (κ2) is 4.86. The van der Waals surface area contributed by atoms with Crippen molar-refractivity contribution in [2.24, 2.45) is 11.8 Å². The van der Waals surface area contributed by atoms with Crippen LogP contribution in [-0.4, -0.2) is 23.4 Å². The van der Waals surface area contributed by atoms with Gasteiger partial charge in [-0.2, -0.15) is 5.26 Å². The van der Waals surface area contributed by atoms with Crippen LogP contribution in [0.3, 0.4) is 0 Å². The molecule has 1 amide bonds. The summed E-state index contributed by atoms with van der Waals surface area (Å²) in [6, 6.07) is 2.59. The summed E-state index contributed by atoms with van der Waals surface area (Å²) in [6.07, 6.45) is 6.72. The molecule has 0 N–H and O–H groups in total. The van der Waals surface area contributed by atoms with Crippen molar-refractivity contribution in [3.8, 4) is 6.07 Å². The molecule has 3 nitrogen and oxygen atoms in total. The average Bonchev–Trinajstić information content (AvgIpc) is 2.78. The van der Waals surface area contributed by atoms with Crippen LogP contribution >= 0.6 is 0 Å². The minimum Gasteiger partial charge on any atom is -0.338 e. The quantitative estimate of drug-likeness (QED) is 0.717. The largest absolute Gasteiger partial charge is 0.338 e. The van der Waals surface area contributed by atoms with Crippen LogP contribution in [0.5, 0.6) is 0 Å². The predicted molar refractivity (Wildman–Crippen MR) is 61.5 cm³/mol. The maximum absolute atomic E-state index is 12.2. The monoisotopic (exact) mass is 220 g/mol. The van der Waals surface area contributed by atoms with E-state index >= 15 is 0 Å². The van der Waals surface area contributed by atoms with Crippen LogP contribution in [0.4, 0.5) is 0 Å². The smallest absolute Gasteiger partial charge is 0.240 e. The Labute approximate surface area is 97.4 Å². The summed E-state index contributed by atoms with van der Waals surface area (Å²) >= 11 is 0. The first-order valence-corrected chi connectivity index (χ1v) is 6.48. The molecule has 2 rings (SSSR count). The van der Waals surface area contributed by atoms with Crippen molar-refractivity contribution in [2.75, 3.05) is 6.54 Å². The lowest BCUT2D eigenvalue weighted by Crippen LogP contribution is -2.48. The van der Waals surface area contributed by atoms with E-state index in [1.165, 1.54) is 19.3 Å². The molecule has 3 heteroatoms. The number of fused-ring (bicyclic) bond motifs is 1. The van der Waals surface area contributed by atoms with Gasteiger partial charge in [0.25, 0.3) is 0 Å². The molecule has 1 saturated heterocycles. The fourth-order valence-corrected chi connectivity index (χ4v) is 3.25. The zero-order chi connectivity index (χ0) is 11.5. The zero-order valence-corrected chi connectivity index (χ0v) is 9.98. The van der Waals surface area contributed by atoms with E-state index in [1.54, 1.807) is 0 Å². The summed E-state index contributed by atoms with van der Waals surface area (Å²) in [4.78, 5) is 14.2. The minimum absolute atomic E-state index is 0.0848. The number of nitrogens with zero attached hydrogens (tertiary/aromatic N) is 2. The molecule has 0 aromatic heterocycles. The van der Waals surface area contributed by atoms with Crippen LogP contribution in [0.25, 0.3) is 0 Å². The third-order valence-electron chi connectivity index (χ3n) is 4.14. The summed E-state index contributed by atoms with van der Waals surface area (Å²) < 4.78 is 0. The van der Waals surface area contributed by atoms with Gasteiger partial charge in [-0.25, -0.2) is 0 Å². The third-order valence-corrected chi connectivity index (χ3v) is 4.14. The number of hydrogen-bond acceptors (Lipinski definition) is 2. The number of carbonyl (C=O) groups excluding carboxylic acids is 1. The Hall–Kier alpha value is -1.04. The maximum atomic E-state index is 12.2. The van der Waals surface area contributed by atoms with Gasteiger partial charge in [0.15, 0.2) is 0 Å². The van der Waals surface area contributed by atoms with Gasteiger partial charge in [0, 0.05) is 12.6 Å². The molecule has 2 fully saturated rings. The van der Waals surface area contributed by atoms with Crippen molar-refractivity contribution < 1.29 is 4.79 Å². The Morgan fingerprint density at radius 1 is 1.44 bits per heavy atom. The van der Waals surface area contributed by atoms with Crippen LogP contribution in [0.2, 0.25) is 0 Å². The number of rotatable bonds is 2. The highest BCUT2D eigenvalue weighted by Gasteiger charge is 2.38. The Bertz CT molecular complexity index is 308. The van der Waals surface area contributed by atoms with Crippen molar-refractivity contribution in [1.29, 1.82) is 5.26 Å². The molecule has 0 spiro atoms. The normalized spacial score (nSPS) is 30.6. The van der Waals surface area contributed by atoms with Crippen LogP contribution in [0.15, 0.2) is 0 Å². The molecule has 2 aliphatic rings. The second-order valence-electron chi connectivity index (χ2n) is 5.02. The number of hydrogen-bond donors (Lipinski definition) is 0. The number of nitriles is 1. The Morgan fingerprint density at radius 3 is 2.88 bits per heavy atom. The van der Waals surface area contributed by atoms with Crippen LogP contribution in [-0.2, 0) is 4.79 Å². The van der Waals surface area contributed by atoms with Crippen molar-refractivity contribution in [2.45, 2.75) is 51.5 Å². The lowest BCUT2D eigenvalue weighted by atomic mass is 9.90. The van der Waals surface area contributed by atoms with Crippen LogP contribution in [0, 0.1) is 23.2 Å². The highest BCUT2D eigenvalue weighted by Crippen LogP contribution is 2.37. The van der Waals surface area contributed by atoms with E-state index in [9.17, 15) is 4.79 Å². The zero-order valence-electron chi connectivity index (χ0n) is 9.98. The summed E-state index contributed by atoms with van der Waals surface area (Å²) in [6.45, 7) is 2.79. The van der Waals surface area contributed by atoms with Gasteiger partial charge in [-0.1, -0.05) is 13.3 Å². The lowest BCUT2D eigenvalue weighted by molar-refractivity contribution is -0.138. The van der Waals surface area contributed by atoms with Gasteiger partial charge < -0.3 is 4.90 Å². The molecule has 16 heavy (non-hydrogen) atoms. The Morgan fingerprint density at radius 2 is 2.19 bits per heavy atom. The molecule has 0 aromatic carbocycles. The number of carbonyl (C=O) groups is 1. The van der Waals surface area contributed by atoms with Gasteiger partial charge in [0.05, 0.1) is 6.07 Å². The first-order valence-electron chi connectivity index (χ1n) is 6.48. The first kappa shape index (κ1) is 11.4. The molecule has 1 aliphatic carbocycles. The van der Waals surface area contributed by atoms with E-state index in [2.05, 4.69) is 6.07 Å². The van der Waals surface area contributed by atoms with Crippen molar-refractivity contribution in [3.05, 3.63) is 0 Å². The van der Waals surface area contributed by atoms with Gasteiger partial charge in [-0.05, 0) is 38.0 Å². The second-order valence-corrected chi connectivity index (χ2v) is 5.02. The Balaban J connectivity index is 2.08. The molecule has 1 saturated carbocycles. The molecule has 3 unspecified atom stereocenters. The minimum atomic E-state index is -0.417. The van der Waals surface area contributed by atoms with E-state index in [4.69, 9.17) is 5.26 Å².